The van der Waals surface area contributed by atoms with E-state index < -0.39 is 11.2 Å². The third kappa shape index (κ3) is 2.71. The normalized spacial score (nSPS) is 20.5. The number of anilines is 1. The van der Waals surface area contributed by atoms with E-state index in [0.717, 1.165) is 0 Å². The van der Waals surface area contributed by atoms with Crippen molar-refractivity contribution in [2.24, 2.45) is 0 Å². The zero-order valence-corrected chi connectivity index (χ0v) is 9.52. The van der Waals surface area contributed by atoms with Gasteiger partial charge in [0.1, 0.15) is 0 Å². The van der Waals surface area contributed by atoms with Gasteiger partial charge in [-0.15, -0.1) is 5.10 Å². The van der Waals surface area contributed by atoms with Gasteiger partial charge in [0.25, 0.3) is 5.56 Å². The number of H-pyrrole nitrogens is 2. The molecule has 0 spiro atoms. The van der Waals surface area contributed by atoms with Gasteiger partial charge in [0, 0.05) is 19.6 Å². The van der Waals surface area contributed by atoms with Gasteiger partial charge in [-0.05, 0) is 7.05 Å². The summed E-state index contributed by atoms with van der Waals surface area (Å²) < 4.78 is 5.52. The average Bonchev–Trinajstić information content (AvgIpc) is 2.29. The lowest BCUT2D eigenvalue weighted by molar-refractivity contribution is 0.0417. The van der Waals surface area contributed by atoms with E-state index >= 15 is 0 Å². The van der Waals surface area contributed by atoms with Crippen LogP contribution in [0.3, 0.4) is 0 Å². The van der Waals surface area contributed by atoms with Gasteiger partial charge in [-0.25, -0.2) is 9.89 Å². The topological polar surface area (TPSA) is 103 Å². The molecule has 8 nitrogen and oxygen atoms in total. The van der Waals surface area contributed by atoms with Crippen molar-refractivity contribution >= 4 is 5.82 Å². The number of hydrogen-bond acceptors (Lipinski definition) is 6. The van der Waals surface area contributed by atoms with Crippen molar-refractivity contribution in [3.8, 4) is 0 Å². The molecule has 1 atom stereocenters. The molecule has 94 valence electrons. The minimum Gasteiger partial charge on any atom is -0.373 e. The molecular weight excluding hydrogens is 226 g/mol. The highest BCUT2D eigenvalue weighted by atomic mass is 16.5. The molecule has 3 N–H and O–H groups in total. The molecule has 1 aromatic heterocycles. The summed E-state index contributed by atoms with van der Waals surface area (Å²) in [6.45, 7) is 2.40. The van der Waals surface area contributed by atoms with Crippen LogP contribution < -0.4 is 21.5 Å². The van der Waals surface area contributed by atoms with Gasteiger partial charge in [-0.2, -0.15) is 0 Å². The summed E-state index contributed by atoms with van der Waals surface area (Å²) in [4.78, 5) is 26.4. The molecule has 1 saturated heterocycles. The molecule has 8 heteroatoms. The van der Waals surface area contributed by atoms with Crippen LogP contribution in [0.15, 0.2) is 9.59 Å². The molecule has 1 aliphatic heterocycles. The molecule has 17 heavy (non-hydrogen) atoms. The summed E-state index contributed by atoms with van der Waals surface area (Å²) in [7, 11) is 1.84. The molecule has 1 aliphatic rings. The molecule has 2 rings (SSSR count). The fourth-order valence-electron chi connectivity index (χ4n) is 1.82. The summed E-state index contributed by atoms with van der Waals surface area (Å²) in [5, 5.41) is 9.01. The van der Waals surface area contributed by atoms with Crippen LogP contribution in [0.25, 0.3) is 0 Å². The third-order valence-electron chi connectivity index (χ3n) is 2.56. The Labute approximate surface area is 97.0 Å². The Morgan fingerprint density at radius 1 is 1.59 bits per heavy atom. The minimum atomic E-state index is -0.598. The molecule has 1 aromatic rings. The van der Waals surface area contributed by atoms with Crippen molar-refractivity contribution in [1.29, 1.82) is 0 Å². The smallest absolute Gasteiger partial charge is 0.342 e. The van der Waals surface area contributed by atoms with Crippen LogP contribution in [0.5, 0.6) is 0 Å². The molecule has 2 heterocycles. The first kappa shape index (κ1) is 11.8. The fourth-order valence-corrected chi connectivity index (χ4v) is 1.82. The number of aromatic nitrogens is 3. The highest BCUT2D eigenvalue weighted by molar-refractivity contribution is 5.34. The lowest BCUT2D eigenvalue weighted by atomic mass is 10.2. The predicted octanol–water partition coefficient (Wildman–Crippen LogP) is -2.12. The second-order valence-corrected chi connectivity index (χ2v) is 3.83. The zero-order valence-electron chi connectivity index (χ0n) is 9.52. The first-order valence-electron chi connectivity index (χ1n) is 5.41. The van der Waals surface area contributed by atoms with Crippen LogP contribution in [-0.4, -0.2) is 54.6 Å². The van der Waals surface area contributed by atoms with Gasteiger partial charge in [0.15, 0.2) is 0 Å². The Hall–Kier alpha value is -1.67. The minimum absolute atomic E-state index is 0.0156. The molecular formula is C9H15N5O3. The Kier molecular flexibility index (Phi) is 3.55. The van der Waals surface area contributed by atoms with Gasteiger partial charge >= 0.3 is 5.69 Å². The molecule has 0 saturated carbocycles. The maximum absolute atomic E-state index is 11.6. The van der Waals surface area contributed by atoms with E-state index in [9.17, 15) is 9.59 Å². The standard InChI is InChI=1S/C9H15N5O3/c1-10-4-6-5-14(2-3-17-6)7-8(15)11-9(16)13-12-7/h6,10H,2-5H2,1H3,(H2,11,13,15,16). The number of nitrogens with one attached hydrogen (secondary N) is 3. The number of hydrogen-bond donors (Lipinski definition) is 3. The maximum atomic E-state index is 11.6. The van der Waals surface area contributed by atoms with Crippen molar-refractivity contribution in [1.82, 2.24) is 20.5 Å². The van der Waals surface area contributed by atoms with E-state index in [0.29, 0.717) is 26.2 Å². The Morgan fingerprint density at radius 2 is 2.41 bits per heavy atom. The lowest BCUT2D eigenvalue weighted by Crippen LogP contribution is -2.48. The monoisotopic (exact) mass is 241 g/mol. The molecule has 0 bridgehead atoms. The third-order valence-corrected chi connectivity index (χ3v) is 2.56. The van der Waals surface area contributed by atoms with Crippen LogP contribution in [0, 0.1) is 0 Å². The van der Waals surface area contributed by atoms with E-state index in [2.05, 4.69) is 20.5 Å². The second-order valence-electron chi connectivity index (χ2n) is 3.83. The SMILES string of the molecule is CNCC1CN(c2n[nH]c(=O)[nH]c2=O)CCO1. The number of ether oxygens (including phenoxy) is 1. The van der Waals surface area contributed by atoms with E-state index in [4.69, 9.17) is 4.74 Å². The largest absolute Gasteiger partial charge is 0.373 e. The van der Waals surface area contributed by atoms with E-state index in [-0.39, 0.29) is 11.9 Å². The van der Waals surface area contributed by atoms with Crippen molar-refractivity contribution in [3.05, 3.63) is 20.8 Å². The van der Waals surface area contributed by atoms with Crippen LogP contribution >= 0.6 is 0 Å². The highest BCUT2D eigenvalue weighted by Crippen LogP contribution is 2.09. The van der Waals surface area contributed by atoms with Crippen LogP contribution in [0.1, 0.15) is 0 Å². The summed E-state index contributed by atoms with van der Waals surface area (Å²) in [5.74, 6) is 0.231. The highest BCUT2D eigenvalue weighted by Gasteiger charge is 2.22. The zero-order chi connectivity index (χ0) is 12.3. The van der Waals surface area contributed by atoms with Crippen molar-refractivity contribution < 1.29 is 4.74 Å². The van der Waals surface area contributed by atoms with Gasteiger partial charge in [-0.1, -0.05) is 0 Å². The number of nitrogens with zero attached hydrogens (tertiary/aromatic N) is 2. The van der Waals surface area contributed by atoms with Gasteiger partial charge in [-0.3, -0.25) is 9.78 Å². The number of likely N-dealkylation sites (N-methyl/N-ethyl adjacent to an activating group) is 1. The predicted molar refractivity (Wildman–Crippen MR) is 61.4 cm³/mol. The van der Waals surface area contributed by atoms with Crippen molar-refractivity contribution in [2.75, 3.05) is 38.2 Å². The lowest BCUT2D eigenvalue weighted by Gasteiger charge is -2.32. The second kappa shape index (κ2) is 5.11. The van der Waals surface area contributed by atoms with Gasteiger partial charge in [0.2, 0.25) is 5.82 Å². The first-order chi connectivity index (χ1) is 8.20. The quantitative estimate of drug-likeness (QED) is 0.559. The van der Waals surface area contributed by atoms with Gasteiger partial charge < -0.3 is 15.0 Å². The summed E-state index contributed by atoms with van der Waals surface area (Å²) in [6.07, 6.45) is 0.0156. The molecule has 0 aromatic carbocycles. The van der Waals surface area contributed by atoms with Crippen LogP contribution in [0.4, 0.5) is 5.82 Å². The Balaban J connectivity index is 2.16. The molecule has 0 amide bonds. The summed E-state index contributed by atoms with van der Waals surface area (Å²) in [6, 6.07) is 0. The van der Waals surface area contributed by atoms with Crippen molar-refractivity contribution in [3.63, 3.8) is 0 Å². The van der Waals surface area contributed by atoms with Crippen molar-refractivity contribution in [2.45, 2.75) is 6.10 Å². The number of aromatic amines is 2. The molecule has 0 aliphatic carbocycles. The van der Waals surface area contributed by atoms with Crippen LogP contribution in [-0.2, 0) is 4.74 Å². The molecule has 1 fully saturated rings. The van der Waals surface area contributed by atoms with E-state index in [1.165, 1.54) is 0 Å². The fraction of sp³-hybridized carbons (Fsp3) is 0.667. The number of morpholine rings is 1. The van der Waals surface area contributed by atoms with Gasteiger partial charge in [0.05, 0.1) is 12.7 Å². The molecule has 1 unspecified atom stereocenters. The average molecular weight is 241 g/mol. The summed E-state index contributed by atoms with van der Waals surface area (Å²) >= 11 is 0. The van der Waals surface area contributed by atoms with Crippen LogP contribution in [0.2, 0.25) is 0 Å². The van der Waals surface area contributed by atoms with E-state index in [1.54, 1.807) is 4.90 Å². The summed E-state index contributed by atoms with van der Waals surface area (Å²) in [5.41, 5.74) is -1.07. The first-order valence-corrected chi connectivity index (χ1v) is 5.41. The van der Waals surface area contributed by atoms with E-state index in [1.807, 2.05) is 7.05 Å². The molecule has 0 radical (unpaired) electrons. The Morgan fingerprint density at radius 3 is 3.12 bits per heavy atom. The Bertz CT molecular complexity index is 480. The maximum Gasteiger partial charge on any atom is 0.342 e. The number of rotatable bonds is 3.